The van der Waals surface area contributed by atoms with Crippen molar-refractivity contribution in [2.45, 2.75) is 83.0 Å². The van der Waals surface area contributed by atoms with E-state index in [0.29, 0.717) is 18.3 Å². The fraction of sp³-hybridized carbons (Fsp3) is 0.920. The Morgan fingerprint density at radius 2 is 1.81 bits per heavy atom. The van der Waals surface area contributed by atoms with Gasteiger partial charge in [-0.1, -0.05) is 27.4 Å². The molecule has 0 aromatic carbocycles. The lowest BCUT2D eigenvalue weighted by Gasteiger charge is -2.62. The van der Waals surface area contributed by atoms with Crippen LogP contribution in [0.2, 0.25) is 0 Å². The summed E-state index contributed by atoms with van der Waals surface area (Å²) in [5, 5.41) is 40.0. The largest absolute Gasteiger partial charge is 0.394 e. The Labute approximate surface area is 184 Å². The third-order valence-corrected chi connectivity index (χ3v) is 11.1. The van der Waals surface area contributed by atoms with Gasteiger partial charge in [-0.05, 0) is 72.7 Å². The number of ether oxygens (including phenoxy) is 1. The van der Waals surface area contributed by atoms with E-state index in [1.165, 1.54) is 0 Å². The van der Waals surface area contributed by atoms with Crippen molar-refractivity contribution in [3.63, 3.8) is 0 Å². The number of aliphatic hydroxyl groups excluding tert-OH is 4. The van der Waals surface area contributed by atoms with E-state index in [4.69, 9.17) is 4.74 Å². The van der Waals surface area contributed by atoms with Gasteiger partial charge in [0, 0.05) is 11.3 Å². The van der Waals surface area contributed by atoms with Gasteiger partial charge in [-0.15, -0.1) is 0 Å². The van der Waals surface area contributed by atoms with E-state index in [2.05, 4.69) is 27.4 Å². The van der Waals surface area contributed by atoms with Crippen molar-refractivity contribution in [3.05, 3.63) is 12.2 Å². The summed E-state index contributed by atoms with van der Waals surface area (Å²) in [5.74, 6) is 0.359. The third kappa shape index (κ3) is 2.60. The predicted molar refractivity (Wildman–Crippen MR) is 114 cm³/mol. The second kappa shape index (κ2) is 6.99. The molecule has 5 rings (SSSR count). The first-order valence-electron chi connectivity index (χ1n) is 12.1. The molecule has 0 bridgehead atoms. The van der Waals surface area contributed by atoms with Crippen molar-refractivity contribution in [1.82, 2.24) is 0 Å². The first kappa shape index (κ1) is 22.3. The summed E-state index contributed by atoms with van der Waals surface area (Å²) in [6.45, 7) is 10.6. The molecular formula is C25H39FO5. The minimum atomic E-state index is -1.11. The topological polar surface area (TPSA) is 93.5 Å². The molecule has 4 aliphatic carbocycles. The standard InChI is InChI=1S/C25H39FO5/c1-12-7-14(18(29)10-27)9-25-22(31-25)13(2)20-15(24(12,25)4)5-6-23(3)16(20)8-17(26)21(23)19(30)11-28/h12,14-22,27-30H,2,5-11H2,1,3-4H3/t12?,14?,15-,16+,17?,18?,19?,20-,21?,22?,23+,24-,25?/m1/s1. The molecule has 1 aliphatic heterocycles. The van der Waals surface area contributed by atoms with Crippen molar-refractivity contribution < 1.29 is 29.6 Å². The number of fused-ring (bicyclic) bond motifs is 4. The van der Waals surface area contributed by atoms with Gasteiger partial charge in [-0.2, -0.15) is 0 Å². The number of rotatable bonds is 4. The highest BCUT2D eigenvalue weighted by molar-refractivity contribution is 5.38. The van der Waals surface area contributed by atoms with Crippen LogP contribution in [0.1, 0.15) is 52.9 Å². The summed E-state index contributed by atoms with van der Waals surface area (Å²) in [6.07, 6.45) is 0.827. The molecule has 0 aromatic heterocycles. The molecule has 176 valence electrons. The highest BCUT2D eigenvalue weighted by Crippen LogP contribution is 2.76. The lowest BCUT2D eigenvalue weighted by atomic mass is 9.41. The fourth-order valence-corrected chi connectivity index (χ4v) is 9.36. The number of aliphatic hydroxyl groups is 4. The van der Waals surface area contributed by atoms with Gasteiger partial charge in [0.15, 0.2) is 0 Å². The van der Waals surface area contributed by atoms with Crippen molar-refractivity contribution in [1.29, 1.82) is 0 Å². The number of hydrogen-bond acceptors (Lipinski definition) is 5. The minimum absolute atomic E-state index is 0.0158. The van der Waals surface area contributed by atoms with E-state index in [1.807, 2.05) is 0 Å². The second-order valence-electron chi connectivity index (χ2n) is 11.9. The van der Waals surface area contributed by atoms with E-state index in [9.17, 15) is 20.4 Å². The maximum atomic E-state index is 15.3. The van der Waals surface area contributed by atoms with Gasteiger partial charge < -0.3 is 25.2 Å². The summed E-state index contributed by atoms with van der Waals surface area (Å²) in [5.41, 5.74) is 0.284. The van der Waals surface area contributed by atoms with E-state index < -0.39 is 30.9 Å². The molecule has 0 radical (unpaired) electrons. The van der Waals surface area contributed by atoms with Gasteiger partial charge in [-0.25, -0.2) is 4.39 Å². The van der Waals surface area contributed by atoms with E-state index >= 15 is 4.39 Å². The summed E-state index contributed by atoms with van der Waals surface area (Å²) >= 11 is 0. The molecule has 4 N–H and O–H groups in total. The van der Waals surface area contributed by atoms with Crippen LogP contribution in [-0.2, 0) is 4.74 Å². The highest BCUT2D eigenvalue weighted by atomic mass is 19.1. The zero-order chi connectivity index (χ0) is 22.5. The van der Waals surface area contributed by atoms with Gasteiger partial charge in [0.2, 0.25) is 0 Å². The monoisotopic (exact) mass is 438 g/mol. The Morgan fingerprint density at radius 1 is 1.13 bits per heavy atom. The van der Waals surface area contributed by atoms with Crippen LogP contribution in [0, 0.1) is 46.3 Å². The van der Waals surface area contributed by atoms with Crippen LogP contribution in [0.4, 0.5) is 4.39 Å². The first-order valence-corrected chi connectivity index (χ1v) is 12.1. The molecule has 0 amide bonds. The summed E-state index contributed by atoms with van der Waals surface area (Å²) in [6, 6.07) is 0. The van der Waals surface area contributed by atoms with Gasteiger partial charge in [0.25, 0.3) is 0 Å². The highest BCUT2D eigenvalue weighted by Gasteiger charge is 2.79. The molecule has 31 heavy (non-hydrogen) atoms. The van der Waals surface area contributed by atoms with Crippen LogP contribution in [0.25, 0.3) is 0 Å². The van der Waals surface area contributed by atoms with Crippen LogP contribution in [-0.4, -0.2) is 63.7 Å². The lowest BCUT2D eigenvalue weighted by molar-refractivity contribution is -0.137. The molecule has 4 saturated carbocycles. The fourth-order valence-electron chi connectivity index (χ4n) is 9.36. The van der Waals surface area contributed by atoms with Crippen LogP contribution < -0.4 is 0 Å². The smallest absolute Gasteiger partial charge is 0.109 e. The Balaban J connectivity index is 1.51. The molecule has 13 atom stereocenters. The number of alkyl halides is 1. The Kier molecular flexibility index (Phi) is 5.02. The van der Waals surface area contributed by atoms with Crippen LogP contribution in [0.3, 0.4) is 0 Å². The quantitative estimate of drug-likeness (QED) is 0.400. The van der Waals surface area contributed by atoms with E-state index in [0.717, 1.165) is 31.3 Å². The molecule has 1 saturated heterocycles. The lowest BCUT2D eigenvalue weighted by Crippen LogP contribution is -2.62. The number of epoxide rings is 1. The SMILES string of the molecule is C=C1C2OC23CC(C(O)CO)CC(C)[C@]3(C)[C@@H]2CC[C@]3(C)C(C(O)CO)C(F)C[C@H]3[C@H]12. The Bertz CT molecular complexity index is 760. The van der Waals surface area contributed by atoms with Gasteiger partial charge in [0.05, 0.1) is 25.4 Å². The predicted octanol–water partition coefficient (Wildman–Crippen LogP) is 2.46. The maximum absolute atomic E-state index is 15.3. The Hall–Kier alpha value is -0.530. The van der Waals surface area contributed by atoms with E-state index in [-0.39, 0.29) is 46.9 Å². The van der Waals surface area contributed by atoms with E-state index in [1.54, 1.807) is 0 Å². The average molecular weight is 439 g/mol. The molecule has 5 nitrogen and oxygen atoms in total. The van der Waals surface area contributed by atoms with Gasteiger partial charge in [0.1, 0.15) is 17.9 Å². The molecule has 1 heterocycles. The molecular weight excluding hydrogens is 399 g/mol. The summed E-state index contributed by atoms with van der Waals surface area (Å²) < 4.78 is 21.8. The van der Waals surface area contributed by atoms with Crippen LogP contribution in [0.5, 0.6) is 0 Å². The summed E-state index contributed by atoms with van der Waals surface area (Å²) in [7, 11) is 0. The zero-order valence-electron chi connectivity index (χ0n) is 19.0. The molecule has 0 aromatic rings. The minimum Gasteiger partial charge on any atom is -0.394 e. The van der Waals surface area contributed by atoms with Crippen LogP contribution >= 0.6 is 0 Å². The summed E-state index contributed by atoms with van der Waals surface area (Å²) in [4.78, 5) is 0. The number of hydrogen-bond donors (Lipinski definition) is 4. The van der Waals surface area contributed by atoms with Crippen molar-refractivity contribution in [2.24, 2.45) is 46.3 Å². The second-order valence-corrected chi connectivity index (χ2v) is 11.9. The van der Waals surface area contributed by atoms with Crippen LogP contribution in [0.15, 0.2) is 12.2 Å². The molecule has 6 heteroatoms. The normalized spacial score (nSPS) is 57.4. The molecule has 1 spiro atoms. The maximum Gasteiger partial charge on any atom is 0.109 e. The third-order valence-electron chi connectivity index (χ3n) is 11.1. The number of halogens is 1. The van der Waals surface area contributed by atoms with Gasteiger partial charge in [-0.3, -0.25) is 0 Å². The molecule has 5 aliphatic rings. The van der Waals surface area contributed by atoms with Crippen molar-refractivity contribution in [2.75, 3.05) is 13.2 Å². The molecule has 5 fully saturated rings. The molecule has 8 unspecified atom stereocenters. The Morgan fingerprint density at radius 3 is 2.45 bits per heavy atom. The average Bonchev–Trinajstić information content (AvgIpc) is 3.40. The van der Waals surface area contributed by atoms with Crippen molar-refractivity contribution >= 4 is 0 Å². The first-order chi connectivity index (χ1) is 14.6. The van der Waals surface area contributed by atoms with Crippen molar-refractivity contribution in [3.8, 4) is 0 Å². The zero-order valence-corrected chi connectivity index (χ0v) is 19.0. The van der Waals surface area contributed by atoms with Gasteiger partial charge >= 0.3 is 0 Å².